The monoisotopic (exact) mass is 454 g/mol. The summed E-state index contributed by atoms with van der Waals surface area (Å²) in [6, 6.07) is 0. The van der Waals surface area contributed by atoms with E-state index in [-0.39, 0.29) is 0 Å². The molecule has 4 atom stereocenters. The van der Waals surface area contributed by atoms with Crippen LogP contribution in [-0.2, 0) is 9.47 Å². The lowest BCUT2D eigenvalue weighted by molar-refractivity contribution is -0.101. The third-order valence-corrected chi connectivity index (χ3v) is 11.1. The maximum absolute atomic E-state index is 6.14. The molecule has 0 aromatic carbocycles. The molecule has 0 spiro atoms. The molecule has 0 amide bonds. The first-order valence-corrected chi connectivity index (χ1v) is 14.7. The summed E-state index contributed by atoms with van der Waals surface area (Å²) in [5, 5.41) is 0. The molecule has 5 fully saturated rings. The van der Waals surface area contributed by atoms with E-state index in [0.717, 1.165) is 48.7 Å². The van der Waals surface area contributed by atoms with Gasteiger partial charge in [0.15, 0.2) is 0 Å². The molecule has 5 rings (SSSR count). The summed E-state index contributed by atoms with van der Waals surface area (Å²) in [5.41, 5.74) is 0.628. The van der Waals surface area contributed by atoms with Gasteiger partial charge in [-0.05, 0) is 118 Å². The van der Waals surface area contributed by atoms with E-state index in [4.69, 9.17) is 9.47 Å². The van der Waals surface area contributed by atoms with Crippen LogP contribution in [0.4, 0.5) is 0 Å². The van der Waals surface area contributed by atoms with E-state index >= 15 is 0 Å². The Bertz CT molecular complexity index is 583. The standard InChI is InChI=1S/C31H50O2/c1-3-21-32-25-17-13-23(14-18-25)31(24-15-19-26(20-16-24)33-22-4-2)29-11-7-5-9-27(29)28-10-6-8-12-30(28)31/h3-4,23-30H,1-2,5-22H2. The molecule has 186 valence electrons. The topological polar surface area (TPSA) is 18.5 Å². The van der Waals surface area contributed by atoms with Gasteiger partial charge in [-0.25, -0.2) is 0 Å². The zero-order valence-electron chi connectivity index (χ0n) is 21.2. The maximum Gasteiger partial charge on any atom is 0.0648 e. The van der Waals surface area contributed by atoms with Crippen LogP contribution in [0.15, 0.2) is 25.3 Å². The summed E-state index contributed by atoms with van der Waals surface area (Å²) in [5.74, 6) is 6.02. The van der Waals surface area contributed by atoms with Gasteiger partial charge in [-0.3, -0.25) is 0 Å². The van der Waals surface area contributed by atoms with Crippen molar-refractivity contribution in [2.45, 2.75) is 115 Å². The first-order valence-electron chi connectivity index (χ1n) is 14.7. The van der Waals surface area contributed by atoms with Crippen LogP contribution in [0.2, 0.25) is 0 Å². The van der Waals surface area contributed by atoms with Crippen LogP contribution in [0.3, 0.4) is 0 Å². The van der Waals surface area contributed by atoms with Crippen LogP contribution in [-0.4, -0.2) is 25.4 Å². The molecule has 0 radical (unpaired) electrons. The first-order chi connectivity index (χ1) is 16.3. The summed E-state index contributed by atoms with van der Waals surface area (Å²) < 4.78 is 12.3. The molecule has 0 N–H and O–H groups in total. The second kappa shape index (κ2) is 11.0. The highest BCUT2D eigenvalue weighted by molar-refractivity contribution is 5.13. The van der Waals surface area contributed by atoms with E-state index in [9.17, 15) is 0 Å². The second-order valence-corrected chi connectivity index (χ2v) is 12.3. The Balaban J connectivity index is 1.41. The Hall–Kier alpha value is -0.600. The van der Waals surface area contributed by atoms with Gasteiger partial charge in [0, 0.05) is 0 Å². The molecule has 33 heavy (non-hydrogen) atoms. The fourth-order valence-electron chi connectivity index (χ4n) is 10.3. The molecule has 2 heteroatoms. The fourth-order valence-corrected chi connectivity index (χ4v) is 10.3. The lowest BCUT2D eigenvalue weighted by Gasteiger charge is -2.57. The summed E-state index contributed by atoms with van der Waals surface area (Å²) in [6.45, 7) is 9.19. The molecule has 5 saturated carbocycles. The molecular weight excluding hydrogens is 404 g/mol. The lowest BCUT2D eigenvalue weighted by atomic mass is 9.48. The van der Waals surface area contributed by atoms with Crippen molar-refractivity contribution in [1.82, 2.24) is 0 Å². The van der Waals surface area contributed by atoms with Gasteiger partial charge in [0.05, 0.1) is 25.4 Å². The number of fused-ring (bicyclic) bond motifs is 3. The quantitative estimate of drug-likeness (QED) is 0.345. The van der Waals surface area contributed by atoms with E-state index in [1.165, 1.54) is 89.9 Å². The van der Waals surface area contributed by atoms with Crippen molar-refractivity contribution in [3.63, 3.8) is 0 Å². The number of hydrogen-bond acceptors (Lipinski definition) is 2. The number of ether oxygens (including phenoxy) is 2. The van der Waals surface area contributed by atoms with Crippen LogP contribution < -0.4 is 0 Å². The summed E-state index contributed by atoms with van der Waals surface area (Å²) >= 11 is 0. The normalized spacial score (nSPS) is 45.7. The molecule has 0 aromatic rings. The molecule has 0 heterocycles. The average Bonchev–Trinajstić information content (AvgIpc) is 3.18. The predicted molar refractivity (Wildman–Crippen MR) is 137 cm³/mol. The van der Waals surface area contributed by atoms with Crippen LogP contribution >= 0.6 is 0 Å². The summed E-state index contributed by atoms with van der Waals surface area (Å²) in [4.78, 5) is 0. The van der Waals surface area contributed by atoms with E-state index in [1.807, 2.05) is 12.2 Å². The molecule has 0 bridgehead atoms. The van der Waals surface area contributed by atoms with Gasteiger partial charge < -0.3 is 9.47 Å². The van der Waals surface area contributed by atoms with Gasteiger partial charge in [0.1, 0.15) is 0 Å². The molecule has 0 aliphatic heterocycles. The summed E-state index contributed by atoms with van der Waals surface area (Å²) in [6.07, 6.45) is 27.8. The highest BCUT2D eigenvalue weighted by atomic mass is 16.5. The second-order valence-electron chi connectivity index (χ2n) is 12.3. The molecular formula is C31H50O2. The average molecular weight is 455 g/mol. The Kier molecular flexibility index (Phi) is 8.02. The van der Waals surface area contributed by atoms with Crippen LogP contribution in [0.25, 0.3) is 0 Å². The van der Waals surface area contributed by atoms with Crippen molar-refractivity contribution >= 4 is 0 Å². The van der Waals surface area contributed by atoms with Crippen molar-refractivity contribution in [2.24, 2.45) is 40.9 Å². The van der Waals surface area contributed by atoms with Gasteiger partial charge in [-0.1, -0.05) is 37.8 Å². The third kappa shape index (κ3) is 4.53. The fraction of sp³-hybridized carbons (Fsp3) is 0.871. The van der Waals surface area contributed by atoms with E-state index in [0.29, 0.717) is 17.6 Å². The van der Waals surface area contributed by atoms with Crippen molar-refractivity contribution in [2.75, 3.05) is 13.2 Å². The van der Waals surface area contributed by atoms with Gasteiger partial charge in [-0.15, -0.1) is 13.2 Å². The minimum atomic E-state index is 0.477. The van der Waals surface area contributed by atoms with Crippen molar-refractivity contribution in [3.8, 4) is 0 Å². The number of hydrogen-bond donors (Lipinski definition) is 0. The Morgan fingerprint density at radius 1 is 0.545 bits per heavy atom. The van der Waals surface area contributed by atoms with Crippen molar-refractivity contribution < 1.29 is 9.47 Å². The lowest BCUT2D eigenvalue weighted by Crippen LogP contribution is -2.50. The summed E-state index contributed by atoms with van der Waals surface area (Å²) in [7, 11) is 0. The molecule has 0 saturated heterocycles. The largest absolute Gasteiger partial charge is 0.374 e. The number of rotatable bonds is 8. The Morgan fingerprint density at radius 3 is 1.33 bits per heavy atom. The third-order valence-electron chi connectivity index (χ3n) is 11.1. The minimum Gasteiger partial charge on any atom is -0.374 e. The van der Waals surface area contributed by atoms with E-state index in [1.54, 1.807) is 12.8 Å². The van der Waals surface area contributed by atoms with Gasteiger partial charge in [-0.2, -0.15) is 0 Å². The molecule has 0 aromatic heterocycles. The van der Waals surface area contributed by atoms with Crippen LogP contribution in [0.5, 0.6) is 0 Å². The van der Waals surface area contributed by atoms with Crippen LogP contribution in [0, 0.1) is 40.9 Å². The van der Waals surface area contributed by atoms with Crippen LogP contribution in [0.1, 0.15) is 103 Å². The van der Waals surface area contributed by atoms with Gasteiger partial charge in [0.25, 0.3) is 0 Å². The SMILES string of the molecule is C=CCOC1CCC(C2(C3CCC(OCC=C)CC3)C3CCCCC3C3CCCCC32)CC1. The van der Waals surface area contributed by atoms with E-state index < -0.39 is 0 Å². The smallest absolute Gasteiger partial charge is 0.0648 e. The maximum atomic E-state index is 6.14. The highest BCUT2D eigenvalue weighted by Gasteiger charge is 2.65. The molecule has 5 aliphatic carbocycles. The zero-order valence-corrected chi connectivity index (χ0v) is 21.2. The molecule has 2 nitrogen and oxygen atoms in total. The molecule has 4 unspecified atom stereocenters. The first kappa shape index (κ1) is 24.1. The molecule has 5 aliphatic rings. The van der Waals surface area contributed by atoms with Gasteiger partial charge >= 0.3 is 0 Å². The Labute approximate surface area is 204 Å². The Morgan fingerprint density at radius 2 is 0.939 bits per heavy atom. The highest BCUT2D eigenvalue weighted by Crippen LogP contribution is 2.71. The van der Waals surface area contributed by atoms with E-state index in [2.05, 4.69) is 13.2 Å². The van der Waals surface area contributed by atoms with Gasteiger partial charge in [0.2, 0.25) is 0 Å². The minimum absolute atomic E-state index is 0.477. The van der Waals surface area contributed by atoms with Crippen molar-refractivity contribution in [1.29, 1.82) is 0 Å². The zero-order chi connectivity index (χ0) is 22.7. The van der Waals surface area contributed by atoms with Crippen molar-refractivity contribution in [3.05, 3.63) is 25.3 Å². The predicted octanol–water partition coefficient (Wildman–Crippen LogP) is 8.12.